The van der Waals surface area contributed by atoms with Crippen LogP contribution in [-0.4, -0.2) is 44.3 Å². The van der Waals surface area contributed by atoms with Gasteiger partial charge in [0, 0.05) is 24.2 Å². The molecule has 10 heteroatoms. The zero-order valence-electron chi connectivity index (χ0n) is 13.9. The van der Waals surface area contributed by atoms with Gasteiger partial charge < -0.3 is 20.5 Å². The van der Waals surface area contributed by atoms with Crippen LogP contribution in [0, 0.1) is 0 Å². The molecule has 25 heavy (non-hydrogen) atoms. The Morgan fingerprint density at radius 1 is 1.36 bits per heavy atom. The number of nitrogens with two attached hydrogens (primary N) is 1. The average Bonchev–Trinajstić information content (AvgIpc) is 2.54. The predicted molar refractivity (Wildman–Crippen MR) is 91.8 cm³/mol. The minimum atomic E-state index is -3.42. The summed E-state index contributed by atoms with van der Waals surface area (Å²) in [6.45, 7) is 1.89. The first-order chi connectivity index (χ1) is 11.8. The van der Waals surface area contributed by atoms with E-state index in [-0.39, 0.29) is 34.6 Å². The van der Waals surface area contributed by atoms with Gasteiger partial charge in [-0.3, -0.25) is 0 Å². The van der Waals surface area contributed by atoms with E-state index in [2.05, 4.69) is 15.3 Å². The molecule has 1 aromatic heterocycles. The smallest absolute Gasteiger partial charge is 0.343 e. The van der Waals surface area contributed by atoms with Gasteiger partial charge in [0.15, 0.2) is 9.84 Å². The normalized spacial score (nSPS) is 11.0. The molecule has 0 saturated heterocycles. The second-order valence-electron chi connectivity index (χ2n) is 4.98. The molecular weight excluding hydrogens is 348 g/mol. The monoisotopic (exact) mass is 366 g/mol. The SMILES string of the molecule is CCOC(=O)c1cnc(Nc2ccc(S(C)(=O)=O)c(OC)c2)nc1N. The number of nitrogens with zero attached hydrogens (tertiary/aromatic N) is 2. The largest absolute Gasteiger partial charge is 0.495 e. The van der Waals surface area contributed by atoms with Crippen LogP contribution < -0.4 is 15.8 Å². The number of nitrogen functional groups attached to an aromatic ring is 1. The quantitative estimate of drug-likeness (QED) is 0.727. The van der Waals surface area contributed by atoms with Crippen molar-refractivity contribution in [3.8, 4) is 5.75 Å². The molecule has 0 aliphatic carbocycles. The fourth-order valence-corrected chi connectivity index (χ4v) is 2.83. The molecule has 0 aliphatic heterocycles. The highest BCUT2D eigenvalue weighted by Gasteiger charge is 2.16. The van der Waals surface area contributed by atoms with E-state index in [0.717, 1.165) is 6.26 Å². The van der Waals surface area contributed by atoms with E-state index in [0.29, 0.717) is 5.69 Å². The van der Waals surface area contributed by atoms with Crippen LogP contribution in [0.3, 0.4) is 0 Å². The lowest BCUT2D eigenvalue weighted by atomic mass is 10.3. The summed E-state index contributed by atoms with van der Waals surface area (Å²) in [6, 6.07) is 4.44. The van der Waals surface area contributed by atoms with E-state index in [1.807, 2.05) is 0 Å². The number of aromatic nitrogens is 2. The second-order valence-corrected chi connectivity index (χ2v) is 6.96. The van der Waals surface area contributed by atoms with E-state index in [1.165, 1.54) is 31.5 Å². The van der Waals surface area contributed by atoms with E-state index in [4.69, 9.17) is 15.2 Å². The molecule has 0 spiro atoms. The van der Waals surface area contributed by atoms with Crippen LogP contribution in [0.25, 0.3) is 0 Å². The molecule has 0 saturated carbocycles. The summed E-state index contributed by atoms with van der Waals surface area (Å²) in [4.78, 5) is 19.7. The summed E-state index contributed by atoms with van der Waals surface area (Å²) in [6.07, 6.45) is 2.35. The van der Waals surface area contributed by atoms with Crippen LogP contribution in [0.5, 0.6) is 5.75 Å². The van der Waals surface area contributed by atoms with Crippen LogP contribution in [0.2, 0.25) is 0 Å². The zero-order chi connectivity index (χ0) is 18.6. The van der Waals surface area contributed by atoms with Crippen LogP contribution in [0.4, 0.5) is 17.5 Å². The first-order valence-corrected chi connectivity index (χ1v) is 9.10. The van der Waals surface area contributed by atoms with Crippen molar-refractivity contribution in [3.63, 3.8) is 0 Å². The molecule has 0 amide bonds. The molecule has 3 N–H and O–H groups in total. The maximum Gasteiger partial charge on any atom is 0.343 e. The number of esters is 1. The van der Waals surface area contributed by atoms with Crippen molar-refractivity contribution in [1.29, 1.82) is 0 Å². The number of carbonyl (C=O) groups excluding carboxylic acids is 1. The van der Waals surface area contributed by atoms with Crippen molar-refractivity contribution in [2.75, 3.05) is 31.0 Å². The highest BCUT2D eigenvalue weighted by atomic mass is 32.2. The first-order valence-electron chi connectivity index (χ1n) is 7.21. The number of carbonyl (C=O) groups is 1. The number of ether oxygens (including phenoxy) is 2. The number of sulfone groups is 1. The highest BCUT2D eigenvalue weighted by Crippen LogP contribution is 2.28. The first kappa shape index (κ1) is 18.5. The van der Waals surface area contributed by atoms with Gasteiger partial charge in [-0.25, -0.2) is 18.2 Å². The van der Waals surface area contributed by atoms with Crippen molar-refractivity contribution in [3.05, 3.63) is 30.0 Å². The lowest BCUT2D eigenvalue weighted by molar-refractivity contribution is 0.0527. The van der Waals surface area contributed by atoms with E-state index < -0.39 is 15.8 Å². The number of anilines is 3. The topological polar surface area (TPSA) is 134 Å². The number of benzene rings is 1. The summed E-state index contributed by atoms with van der Waals surface area (Å²) in [7, 11) is -2.05. The Morgan fingerprint density at radius 3 is 2.64 bits per heavy atom. The van der Waals surface area contributed by atoms with Gasteiger partial charge in [0.05, 0.1) is 13.7 Å². The Bertz CT molecular complexity index is 899. The van der Waals surface area contributed by atoms with Gasteiger partial charge in [0.25, 0.3) is 0 Å². The minimum Gasteiger partial charge on any atom is -0.495 e. The molecule has 0 unspecified atom stereocenters. The molecule has 1 heterocycles. The van der Waals surface area contributed by atoms with Gasteiger partial charge in [-0.15, -0.1) is 0 Å². The molecule has 0 atom stereocenters. The molecule has 1 aromatic carbocycles. The van der Waals surface area contributed by atoms with Crippen molar-refractivity contribution in [2.24, 2.45) is 0 Å². The Hall–Kier alpha value is -2.88. The molecule has 0 radical (unpaired) electrons. The standard InChI is InChI=1S/C15H18N4O5S/c1-4-24-14(20)10-8-17-15(19-13(10)16)18-9-5-6-12(25(3,21)22)11(7-9)23-2/h5-8H,4H2,1-3H3,(H3,16,17,18,19). The van der Waals surface area contributed by atoms with Gasteiger partial charge >= 0.3 is 5.97 Å². The van der Waals surface area contributed by atoms with Gasteiger partial charge in [-0.2, -0.15) is 4.98 Å². The molecule has 2 aromatic rings. The molecule has 9 nitrogen and oxygen atoms in total. The van der Waals surface area contributed by atoms with Crippen LogP contribution in [0.1, 0.15) is 17.3 Å². The summed E-state index contributed by atoms with van der Waals surface area (Å²) in [5, 5.41) is 2.87. The van der Waals surface area contributed by atoms with Crippen LogP contribution >= 0.6 is 0 Å². The van der Waals surface area contributed by atoms with Crippen molar-refractivity contribution in [1.82, 2.24) is 9.97 Å². The lowest BCUT2D eigenvalue weighted by Gasteiger charge is -2.11. The number of hydrogen-bond acceptors (Lipinski definition) is 9. The molecule has 0 aliphatic rings. The third-order valence-electron chi connectivity index (χ3n) is 3.13. The molecule has 0 fully saturated rings. The van der Waals surface area contributed by atoms with Crippen LogP contribution in [-0.2, 0) is 14.6 Å². The fourth-order valence-electron chi connectivity index (χ4n) is 2.00. The number of hydrogen-bond donors (Lipinski definition) is 2. The van der Waals surface area contributed by atoms with Crippen molar-refractivity contribution in [2.45, 2.75) is 11.8 Å². The van der Waals surface area contributed by atoms with Crippen LogP contribution in [0.15, 0.2) is 29.3 Å². The lowest BCUT2D eigenvalue weighted by Crippen LogP contribution is -2.11. The van der Waals surface area contributed by atoms with Gasteiger partial charge in [0.2, 0.25) is 5.95 Å². The van der Waals surface area contributed by atoms with E-state index >= 15 is 0 Å². The molecule has 0 bridgehead atoms. The molecule has 2 rings (SSSR count). The third-order valence-corrected chi connectivity index (χ3v) is 4.27. The number of methoxy groups -OCH3 is 1. The maximum atomic E-state index is 11.7. The number of rotatable bonds is 6. The minimum absolute atomic E-state index is 0.0318. The van der Waals surface area contributed by atoms with Gasteiger partial charge in [0.1, 0.15) is 22.0 Å². The van der Waals surface area contributed by atoms with Crippen molar-refractivity contribution < 1.29 is 22.7 Å². The predicted octanol–water partition coefficient (Wildman–Crippen LogP) is 1.39. The summed E-state index contributed by atoms with van der Waals surface area (Å²) >= 11 is 0. The summed E-state index contributed by atoms with van der Waals surface area (Å²) in [5.41, 5.74) is 6.31. The zero-order valence-corrected chi connectivity index (χ0v) is 14.8. The van der Waals surface area contributed by atoms with E-state index in [1.54, 1.807) is 6.92 Å². The summed E-state index contributed by atoms with van der Waals surface area (Å²) in [5.74, 6) is -0.315. The fraction of sp³-hybridized carbons (Fsp3) is 0.267. The molecular formula is C15H18N4O5S. The van der Waals surface area contributed by atoms with Crippen molar-refractivity contribution >= 4 is 33.3 Å². The highest BCUT2D eigenvalue weighted by molar-refractivity contribution is 7.90. The average molecular weight is 366 g/mol. The third kappa shape index (κ3) is 4.35. The number of nitrogens with one attached hydrogen (secondary N) is 1. The summed E-state index contributed by atoms with van der Waals surface area (Å²) < 4.78 is 33.3. The van der Waals surface area contributed by atoms with Gasteiger partial charge in [-0.05, 0) is 19.1 Å². The van der Waals surface area contributed by atoms with Gasteiger partial charge in [-0.1, -0.05) is 0 Å². The Kier molecular flexibility index (Phi) is 5.42. The maximum absolute atomic E-state index is 11.7. The Balaban J connectivity index is 2.28. The Labute approximate surface area is 145 Å². The Morgan fingerprint density at radius 2 is 2.08 bits per heavy atom. The van der Waals surface area contributed by atoms with E-state index in [9.17, 15) is 13.2 Å². The molecule has 134 valence electrons. The second kappa shape index (κ2) is 7.34.